The van der Waals surface area contributed by atoms with Gasteiger partial charge in [0.05, 0.1) is 14.2 Å². The van der Waals surface area contributed by atoms with Crippen LogP contribution in [-0.2, 0) is 6.54 Å². The lowest BCUT2D eigenvalue weighted by molar-refractivity contribution is -0.954. The third kappa shape index (κ3) is 3.98. The predicted molar refractivity (Wildman–Crippen MR) is 105 cm³/mol. The number of nitrogens with one attached hydrogen (secondary N) is 1. The molecule has 0 bridgehead atoms. The molecule has 0 saturated heterocycles. The van der Waals surface area contributed by atoms with E-state index >= 15 is 0 Å². The van der Waals surface area contributed by atoms with E-state index in [1.807, 2.05) is 50.2 Å². The maximum atomic E-state index is 13.1. The van der Waals surface area contributed by atoms with Gasteiger partial charge in [-0.2, -0.15) is 0 Å². The smallest absolute Gasteiger partial charge is 0.223 e. The molecular weight excluding hydrogens is 358 g/mol. The second kappa shape index (κ2) is 8.20. The zero-order chi connectivity index (χ0) is 20.3. The van der Waals surface area contributed by atoms with Crippen LogP contribution < -0.4 is 19.1 Å². The molecule has 28 heavy (non-hydrogen) atoms. The molecule has 2 atom stereocenters. The Labute approximate surface area is 165 Å². The number of benzene rings is 2. The van der Waals surface area contributed by atoms with Crippen LogP contribution in [0.5, 0.6) is 17.2 Å². The summed E-state index contributed by atoms with van der Waals surface area (Å²) in [4.78, 5) is 14.1. The minimum atomic E-state index is -0.691. The third-order valence-electron chi connectivity index (χ3n) is 5.38. The van der Waals surface area contributed by atoms with E-state index in [9.17, 15) is 9.90 Å². The Kier molecular flexibility index (Phi) is 5.91. The number of hydrogen-bond donors (Lipinski definition) is 2. The summed E-state index contributed by atoms with van der Waals surface area (Å²) in [6.45, 7) is 5.01. The number of rotatable bonds is 7. The first-order chi connectivity index (χ1) is 13.4. The number of Topliss-reactive ketones (excluding diaryl/α,β-unsaturated/α-hetero) is 1. The number of quaternary nitrogens is 1. The van der Waals surface area contributed by atoms with Gasteiger partial charge in [-0.25, -0.2) is 0 Å². The van der Waals surface area contributed by atoms with E-state index in [2.05, 4.69) is 0 Å². The molecule has 1 unspecified atom stereocenters. The van der Waals surface area contributed by atoms with Gasteiger partial charge in [0.2, 0.25) is 5.78 Å². The summed E-state index contributed by atoms with van der Waals surface area (Å²) in [5.41, 5.74) is 0.884. The van der Waals surface area contributed by atoms with Crippen molar-refractivity contribution in [3.63, 3.8) is 0 Å². The summed E-state index contributed by atoms with van der Waals surface area (Å²) >= 11 is 0. The Morgan fingerprint density at radius 3 is 2.39 bits per heavy atom. The first-order valence-electron chi connectivity index (χ1n) is 9.37. The van der Waals surface area contributed by atoms with Gasteiger partial charge < -0.3 is 24.2 Å². The number of carbonyl (C=O) groups is 1. The molecule has 150 valence electrons. The minimum Gasteiger partial charge on any atom is -0.493 e. The van der Waals surface area contributed by atoms with Crippen molar-refractivity contribution >= 4 is 5.78 Å². The third-order valence-corrected chi connectivity index (χ3v) is 5.38. The molecule has 0 aliphatic carbocycles. The van der Waals surface area contributed by atoms with Crippen molar-refractivity contribution < 1.29 is 29.0 Å². The molecule has 2 N–H and O–H groups in total. The van der Waals surface area contributed by atoms with E-state index in [1.165, 1.54) is 0 Å². The van der Waals surface area contributed by atoms with Crippen molar-refractivity contribution in [2.24, 2.45) is 0 Å². The van der Waals surface area contributed by atoms with Crippen LogP contribution in [0.3, 0.4) is 0 Å². The van der Waals surface area contributed by atoms with E-state index in [-0.39, 0.29) is 12.4 Å². The monoisotopic (exact) mass is 386 g/mol. The molecule has 2 aromatic carbocycles. The Bertz CT molecular complexity index is 834. The quantitative estimate of drug-likeness (QED) is 0.755. The van der Waals surface area contributed by atoms with Crippen LogP contribution in [0, 0.1) is 0 Å². The van der Waals surface area contributed by atoms with Crippen LogP contribution in [0.25, 0.3) is 0 Å². The zero-order valence-electron chi connectivity index (χ0n) is 16.8. The molecule has 1 heterocycles. The maximum Gasteiger partial charge on any atom is 0.223 e. The molecule has 0 saturated carbocycles. The summed E-state index contributed by atoms with van der Waals surface area (Å²) in [6, 6.07) is 13.0. The van der Waals surface area contributed by atoms with E-state index in [0.717, 1.165) is 10.5 Å². The summed E-state index contributed by atoms with van der Waals surface area (Å²) in [5.74, 6) is 1.89. The average molecular weight is 386 g/mol. The molecule has 1 aliphatic heterocycles. The number of para-hydroxylation sites is 1. The molecule has 0 radical (unpaired) electrons. The highest BCUT2D eigenvalue weighted by atomic mass is 16.5. The van der Waals surface area contributed by atoms with E-state index in [1.54, 1.807) is 20.3 Å². The van der Waals surface area contributed by atoms with Crippen LogP contribution in [-0.4, -0.2) is 49.9 Å². The number of ether oxygens (including phenoxy) is 3. The zero-order valence-corrected chi connectivity index (χ0v) is 16.8. The van der Waals surface area contributed by atoms with Gasteiger partial charge in [0.15, 0.2) is 17.0 Å². The number of aliphatic hydroxyl groups is 1. The van der Waals surface area contributed by atoms with Crippen molar-refractivity contribution in [3.8, 4) is 17.2 Å². The molecular formula is C22H28NO5+. The normalized spacial score (nSPS) is 18.9. The molecule has 0 spiro atoms. The summed E-state index contributed by atoms with van der Waals surface area (Å²) in [5, 5.41) is 10.5. The molecule has 0 fully saturated rings. The van der Waals surface area contributed by atoms with Crippen LogP contribution in [0.2, 0.25) is 0 Å². The molecule has 3 rings (SSSR count). The van der Waals surface area contributed by atoms with Gasteiger partial charge in [-0.15, -0.1) is 0 Å². The predicted octanol–water partition coefficient (Wildman–Crippen LogP) is 1.50. The summed E-state index contributed by atoms with van der Waals surface area (Å²) in [6.07, 6.45) is -0.691. The van der Waals surface area contributed by atoms with Gasteiger partial charge in [-0.1, -0.05) is 18.2 Å². The molecule has 0 aromatic heterocycles. The highest BCUT2D eigenvalue weighted by Gasteiger charge is 2.45. The number of hydrogen-bond acceptors (Lipinski definition) is 5. The van der Waals surface area contributed by atoms with Gasteiger partial charge in [-0.3, -0.25) is 4.79 Å². The first-order valence-corrected chi connectivity index (χ1v) is 9.37. The van der Waals surface area contributed by atoms with Crippen LogP contribution in [0.4, 0.5) is 0 Å². The summed E-state index contributed by atoms with van der Waals surface area (Å²) < 4.78 is 16.4. The fourth-order valence-corrected chi connectivity index (χ4v) is 3.61. The van der Waals surface area contributed by atoms with Crippen molar-refractivity contribution in [1.29, 1.82) is 0 Å². The van der Waals surface area contributed by atoms with Crippen LogP contribution in [0.15, 0.2) is 42.5 Å². The van der Waals surface area contributed by atoms with E-state index in [0.29, 0.717) is 35.9 Å². The van der Waals surface area contributed by atoms with Gasteiger partial charge >= 0.3 is 0 Å². The average Bonchev–Trinajstić information content (AvgIpc) is 2.70. The van der Waals surface area contributed by atoms with Gasteiger partial charge in [0.1, 0.15) is 31.5 Å². The van der Waals surface area contributed by atoms with Crippen LogP contribution >= 0.6 is 0 Å². The number of fused-ring (bicyclic) bond motifs is 1. The Morgan fingerprint density at radius 2 is 1.75 bits per heavy atom. The lowest BCUT2D eigenvalue weighted by atomic mass is 9.83. The Balaban J connectivity index is 1.76. The van der Waals surface area contributed by atoms with Crippen molar-refractivity contribution in [1.82, 2.24) is 0 Å². The van der Waals surface area contributed by atoms with Gasteiger partial charge in [-0.05, 0) is 38.1 Å². The first kappa shape index (κ1) is 20.2. The van der Waals surface area contributed by atoms with Gasteiger partial charge in [0, 0.05) is 11.1 Å². The lowest BCUT2D eigenvalue weighted by Gasteiger charge is -2.39. The fourth-order valence-electron chi connectivity index (χ4n) is 3.61. The van der Waals surface area contributed by atoms with Crippen molar-refractivity contribution in [2.75, 3.05) is 27.4 Å². The topological polar surface area (TPSA) is 69.4 Å². The molecule has 0 amide bonds. The standard InChI is InChI=1S/C22H27NO5/c1-22(2)21(25)18-11-20(27-4)19(26-3)10-15(18)12-23(22)13-16(24)14-28-17-8-6-5-7-9-17/h5-11,16,24H,12-14H2,1-4H3/p+1/t16-/m0/s1. The minimum absolute atomic E-state index is 0.0286. The number of carbonyl (C=O) groups excluding carboxylic acids is 1. The fraction of sp³-hybridized carbons (Fsp3) is 0.409. The second-order valence-electron chi connectivity index (χ2n) is 7.58. The molecule has 6 heteroatoms. The van der Waals surface area contributed by atoms with Crippen LogP contribution in [0.1, 0.15) is 29.8 Å². The Morgan fingerprint density at radius 1 is 1.11 bits per heavy atom. The highest BCUT2D eigenvalue weighted by molar-refractivity contribution is 6.04. The van der Waals surface area contributed by atoms with Crippen molar-refractivity contribution in [3.05, 3.63) is 53.6 Å². The number of ketones is 1. The SMILES string of the molecule is COc1cc2c(cc1OC)C(=O)C(C)(C)[NH+](C[C@H](O)COc1ccccc1)C2. The molecule has 1 aliphatic rings. The van der Waals surface area contributed by atoms with E-state index in [4.69, 9.17) is 14.2 Å². The lowest BCUT2D eigenvalue weighted by Crippen LogP contribution is -3.21. The maximum absolute atomic E-state index is 13.1. The van der Waals surface area contributed by atoms with Gasteiger partial charge in [0.25, 0.3) is 0 Å². The second-order valence-corrected chi connectivity index (χ2v) is 7.58. The highest BCUT2D eigenvalue weighted by Crippen LogP contribution is 2.33. The number of aliphatic hydroxyl groups excluding tert-OH is 1. The largest absolute Gasteiger partial charge is 0.493 e. The number of methoxy groups -OCH3 is 2. The van der Waals surface area contributed by atoms with Crippen molar-refractivity contribution in [2.45, 2.75) is 32.0 Å². The van der Waals surface area contributed by atoms with E-state index < -0.39 is 11.6 Å². The Hall–Kier alpha value is -2.57. The summed E-state index contributed by atoms with van der Waals surface area (Å²) in [7, 11) is 3.14. The molecule has 2 aromatic rings. The molecule has 6 nitrogen and oxygen atoms in total.